The van der Waals surface area contributed by atoms with Gasteiger partial charge in [-0.1, -0.05) is 0 Å². The fraction of sp³-hybridized carbons (Fsp3) is 0.353. The molecule has 2 rings (SSSR count). The summed E-state index contributed by atoms with van der Waals surface area (Å²) in [4.78, 5) is 4.47. The molecule has 0 unspecified atom stereocenters. The molecule has 0 N–H and O–H groups in total. The summed E-state index contributed by atoms with van der Waals surface area (Å²) in [7, 11) is 0. The molecule has 0 spiro atoms. The minimum absolute atomic E-state index is 0.274. The van der Waals surface area contributed by atoms with E-state index in [0.717, 1.165) is 5.56 Å². The number of pyridine rings is 1. The van der Waals surface area contributed by atoms with Crippen LogP contribution in [0.2, 0.25) is 17.3 Å². The molecule has 1 aromatic carbocycles. The molecular formula is C17H22FGeN. The number of hydrogen-bond acceptors (Lipinski definition) is 1. The van der Waals surface area contributed by atoms with Crippen LogP contribution in [0.1, 0.15) is 26.7 Å². The zero-order valence-corrected chi connectivity index (χ0v) is 14.9. The van der Waals surface area contributed by atoms with Crippen LogP contribution in [0.3, 0.4) is 0 Å². The summed E-state index contributed by atoms with van der Waals surface area (Å²) >= 11 is -2.13. The van der Waals surface area contributed by atoms with E-state index in [9.17, 15) is 4.39 Å². The van der Waals surface area contributed by atoms with Crippen LogP contribution < -0.4 is 4.40 Å². The van der Waals surface area contributed by atoms with E-state index in [1.165, 1.54) is 10.5 Å². The molecule has 2 aromatic rings. The molecule has 0 atom stereocenters. The number of nitrogens with zero attached hydrogens (tertiary/aromatic N) is 1. The zero-order chi connectivity index (χ0) is 15.8. The second-order valence-corrected chi connectivity index (χ2v) is 16.9. The van der Waals surface area contributed by atoms with Crippen molar-refractivity contribution in [3.8, 4) is 11.3 Å². The number of rotatable bonds is 3. The van der Waals surface area contributed by atoms with Crippen LogP contribution in [0, 0.1) is 5.82 Å². The molecule has 0 aliphatic carbocycles. The van der Waals surface area contributed by atoms with Crippen molar-refractivity contribution in [2.24, 2.45) is 0 Å². The second-order valence-electron chi connectivity index (χ2n) is 6.34. The molecule has 0 aliphatic rings. The summed E-state index contributed by atoms with van der Waals surface area (Å²) < 4.78 is 23.6. The summed E-state index contributed by atoms with van der Waals surface area (Å²) in [5, 5.41) is 0. The summed E-state index contributed by atoms with van der Waals surface area (Å²) in [5.41, 5.74) is 2.08. The Morgan fingerprint density at radius 2 is 1.85 bits per heavy atom. The first-order valence-electron chi connectivity index (χ1n) is 7.36. The van der Waals surface area contributed by atoms with Gasteiger partial charge < -0.3 is 0 Å². The third-order valence-corrected chi connectivity index (χ3v) is 7.63. The molecule has 1 heterocycles. The standard InChI is InChI=1S/C17H22FGeN/c1-12(2)14-10-17(13-8-6-7-9-15(13)18)20-11-16(14)19(3,4)5/h6-12H,1-5H3/i12D. The Morgan fingerprint density at radius 3 is 2.40 bits per heavy atom. The van der Waals surface area contributed by atoms with E-state index in [1.807, 2.05) is 26.1 Å². The second kappa shape index (κ2) is 5.68. The Morgan fingerprint density at radius 1 is 1.20 bits per heavy atom. The molecule has 0 aliphatic heterocycles. The van der Waals surface area contributed by atoms with E-state index < -0.39 is 19.2 Å². The van der Waals surface area contributed by atoms with Gasteiger partial charge >= 0.3 is 125 Å². The summed E-state index contributed by atoms with van der Waals surface area (Å²) in [6, 6.07) is 8.56. The first kappa shape index (κ1) is 13.8. The van der Waals surface area contributed by atoms with Crippen molar-refractivity contribution < 1.29 is 5.76 Å². The first-order chi connectivity index (χ1) is 9.60. The van der Waals surface area contributed by atoms with Crippen molar-refractivity contribution in [1.29, 1.82) is 0 Å². The number of halogens is 1. The van der Waals surface area contributed by atoms with E-state index in [-0.39, 0.29) is 5.82 Å². The molecule has 20 heavy (non-hydrogen) atoms. The molecule has 0 saturated carbocycles. The SMILES string of the molecule is [2H]C(C)(C)c1cc(-c2ccccc2F)nc[c]1[Ge]([CH3])([CH3])[CH3]. The molecule has 0 amide bonds. The van der Waals surface area contributed by atoms with Crippen molar-refractivity contribution in [2.45, 2.75) is 37.0 Å². The fourth-order valence-electron chi connectivity index (χ4n) is 2.28. The van der Waals surface area contributed by atoms with E-state index in [2.05, 4.69) is 22.3 Å². The van der Waals surface area contributed by atoms with Crippen LogP contribution in [0.5, 0.6) is 0 Å². The van der Waals surface area contributed by atoms with Crippen LogP contribution in [0.25, 0.3) is 11.3 Å². The Kier molecular flexibility index (Phi) is 3.92. The zero-order valence-electron chi connectivity index (χ0n) is 13.8. The maximum atomic E-state index is 14.0. The van der Waals surface area contributed by atoms with E-state index in [1.54, 1.807) is 18.2 Å². The van der Waals surface area contributed by atoms with Crippen molar-refractivity contribution in [2.75, 3.05) is 0 Å². The molecule has 3 heteroatoms. The fourth-order valence-corrected chi connectivity index (χ4v) is 5.60. The molecule has 0 saturated heterocycles. The molecular weight excluding hydrogens is 310 g/mol. The van der Waals surface area contributed by atoms with E-state index in [4.69, 9.17) is 1.37 Å². The van der Waals surface area contributed by atoms with Crippen molar-refractivity contribution >= 4 is 17.7 Å². The van der Waals surface area contributed by atoms with Crippen LogP contribution in [-0.2, 0) is 0 Å². The Hall–Kier alpha value is -1.16. The summed E-state index contributed by atoms with van der Waals surface area (Å²) in [6.07, 6.45) is 1.87. The van der Waals surface area contributed by atoms with Gasteiger partial charge in [-0.25, -0.2) is 0 Å². The van der Waals surface area contributed by atoms with Gasteiger partial charge in [-0.2, -0.15) is 0 Å². The third-order valence-electron chi connectivity index (χ3n) is 3.40. The average Bonchev–Trinajstić information content (AvgIpc) is 2.36. The monoisotopic (exact) mass is 334 g/mol. The topological polar surface area (TPSA) is 12.9 Å². The molecule has 0 radical (unpaired) electrons. The van der Waals surface area contributed by atoms with Gasteiger partial charge in [-0.3, -0.25) is 0 Å². The van der Waals surface area contributed by atoms with Gasteiger partial charge in [-0.15, -0.1) is 0 Å². The molecule has 106 valence electrons. The molecule has 0 fully saturated rings. The number of aromatic nitrogens is 1. The first-order valence-corrected chi connectivity index (χ1v) is 14.2. The van der Waals surface area contributed by atoms with Gasteiger partial charge in [0.1, 0.15) is 0 Å². The van der Waals surface area contributed by atoms with E-state index in [0.29, 0.717) is 11.3 Å². The Bertz CT molecular complexity index is 657. The van der Waals surface area contributed by atoms with Gasteiger partial charge in [0.05, 0.1) is 0 Å². The molecule has 1 nitrogen and oxygen atoms in total. The Balaban J connectivity index is 2.66. The van der Waals surface area contributed by atoms with Crippen molar-refractivity contribution in [3.63, 3.8) is 0 Å². The van der Waals surface area contributed by atoms with Gasteiger partial charge in [0.2, 0.25) is 0 Å². The molecule has 1 aromatic heterocycles. The third kappa shape index (κ3) is 3.11. The van der Waals surface area contributed by atoms with Gasteiger partial charge in [0.15, 0.2) is 0 Å². The van der Waals surface area contributed by atoms with Crippen molar-refractivity contribution in [3.05, 3.63) is 47.9 Å². The van der Waals surface area contributed by atoms with Crippen molar-refractivity contribution in [1.82, 2.24) is 4.98 Å². The van der Waals surface area contributed by atoms with E-state index >= 15 is 0 Å². The average molecular weight is 333 g/mol. The predicted molar refractivity (Wildman–Crippen MR) is 86.7 cm³/mol. The number of hydrogen-bond donors (Lipinski definition) is 0. The quantitative estimate of drug-likeness (QED) is 0.751. The number of benzene rings is 1. The summed E-state index contributed by atoms with van der Waals surface area (Å²) in [6.45, 7) is 3.76. The van der Waals surface area contributed by atoms with Gasteiger partial charge in [0.25, 0.3) is 0 Å². The van der Waals surface area contributed by atoms with Gasteiger partial charge in [0, 0.05) is 0 Å². The van der Waals surface area contributed by atoms with Crippen LogP contribution in [0.15, 0.2) is 36.5 Å². The Labute approximate surface area is 125 Å². The normalized spacial score (nSPS) is 13.2. The van der Waals surface area contributed by atoms with Gasteiger partial charge in [-0.05, 0) is 0 Å². The van der Waals surface area contributed by atoms with Crippen LogP contribution in [-0.4, -0.2) is 18.3 Å². The molecule has 0 bridgehead atoms. The van der Waals surface area contributed by atoms with Crippen LogP contribution in [0.4, 0.5) is 4.39 Å². The maximum absolute atomic E-state index is 14.0. The predicted octanol–water partition coefficient (Wildman–Crippen LogP) is 4.56. The van der Waals surface area contributed by atoms with Crippen LogP contribution >= 0.6 is 0 Å². The minimum atomic E-state index is -2.13. The summed E-state index contributed by atoms with van der Waals surface area (Å²) in [5.74, 6) is 5.87.